The third-order valence-corrected chi connectivity index (χ3v) is 5.23. The molecule has 12 nitrogen and oxygen atoms in total. The number of hydrogen-bond acceptors (Lipinski definition) is 9. The number of carbonyl (C=O) groups excluding carboxylic acids is 2. The number of carboxylic acids is 1. The zero-order valence-electron chi connectivity index (χ0n) is 19.0. The van der Waals surface area contributed by atoms with Crippen molar-refractivity contribution in [1.29, 1.82) is 0 Å². The fraction of sp³-hybridized carbons (Fsp3) is 0.286. The number of nitrogens with zero attached hydrogens (tertiary/aromatic N) is 5. The minimum atomic E-state index is -1.02. The van der Waals surface area contributed by atoms with Gasteiger partial charge in [0.2, 0.25) is 0 Å². The van der Waals surface area contributed by atoms with Crippen LogP contribution in [0.25, 0.3) is 22.3 Å². The molecule has 4 aromatic heterocycles. The van der Waals surface area contributed by atoms with Crippen molar-refractivity contribution in [3.05, 3.63) is 45.1 Å². The van der Waals surface area contributed by atoms with Crippen molar-refractivity contribution < 1.29 is 29.0 Å². The molecule has 35 heavy (non-hydrogen) atoms. The molecule has 0 aromatic carbocycles. The summed E-state index contributed by atoms with van der Waals surface area (Å²) in [6.45, 7) is 5.24. The predicted molar refractivity (Wildman–Crippen MR) is 131 cm³/mol. The van der Waals surface area contributed by atoms with Crippen LogP contribution in [0.4, 0.5) is 0 Å². The second kappa shape index (κ2) is 10.5. The normalized spacial score (nSPS) is 11.1. The maximum Gasteiger partial charge on any atom is 0.341 e. The maximum absolute atomic E-state index is 11.9. The van der Waals surface area contributed by atoms with E-state index in [4.69, 9.17) is 14.6 Å². The number of esters is 2. The monoisotopic (exact) mass is 610 g/mol. The smallest absolute Gasteiger partial charge is 0.341 e. The van der Waals surface area contributed by atoms with Crippen molar-refractivity contribution in [2.24, 2.45) is 5.41 Å². The quantitative estimate of drug-likeness (QED) is 0.323. The Morgan fingerprint density at radius 1 is 1.06 bits per heavy atom. The molecular weight excluding hydrogens is 592 g/mol. The minimum Gasteiger partial charge on any atom is -0.478 e. The molecule has 4 rings (SSSR count). The van der Waals surface area contributed by atoms with Gasteiger partial charge in [-0.25, -0.2) is 29.5 Å². The summed E-state index contributed by atoms with van der Waals surface area (Å²) in [5.74, 6) is -1.89. The van der Waals surface area contributed by atoms with Gasteiger partial charge in [-0.05, 0) is 52.6 Å². The molecule has 0 saturated heterocycles. The van der Waals surface area contributed by atoms with E-state index >= 15 is 0 Å². The van der Waals surface area contributed by atoms with Crippen LogP contribution >= 0.6 is 31.9 Å². The summed E-state index contributed by atoms with van der Waals surface area (Å²) in [6.07, 6.45) is 5.90. The van der Waals surface area contributed by atoms with E-state index in [1.54, 1.807) is 25.3 Å². The molecular formula is C21H20Br2N6O6. The number of aromatic amines is 1. The predicted octanol–water partition coefficient (Wildman–Crippen LogP) is 3.95. The number of aromatic carboxylic acids is 1. The molecule has 0 aliphatic heterocycles. The van der Waals surface area contributed by atoms with Crippen LogP contribution in [0.5, 0.6) is 0 Å². The Balaban J connectivity index is 0.000000223. The molecule has 0 spiro atoms. The van der Waals surface area contributed by atoms with Gasteiger partial charge in [0.05, 0.1) is 24.9 Å². The van der Waals surface area contributed by atoms with Crippen LogP contribution in [0.15, 0.2) is 34.0 Å². The highest BCUT2D eigenvalue weighted by atomic mass is 79.9. The number of ether oxygens (including phenoxy) is 2. The topological polar surface area (TPSA) is 162 Å². The van der Waals surface area contributed by atoms with Gasteiger partial charge in [-0.1, -0.05) is 0 Å². The van der Waals surface area contributed by atoms with Crippen LogP contribution in [0.3, 0.4) is 0 Å². The van der Waals surface area contributed by atoms with E-state index in [0.29, 0.717) is 31.5 Å². The summed E-state index contributed by atoms with van der Waals surface area (Å²) in [4.78, 5) is 53.5. The summed E-state index contributed by atoms with van der Waals surface area (Å²) in [7, 11) is 1.29. The van der Waals surface area contributed by atoms with Crippen molar-refractivity contribution in [3.8, 4) is 0 Å². The molecule has 0 amide bonds. The molecule has 14 heteroatoms. The Bertz CT molecular complexity index is 1430. The van der Waals surface area contributed by atoms with Gasteiger partial charge in [0, 0.05) is 12.4 Å². The molecule has 0 aliphatic carbocycles. The standard InChI is InChI=1S/C14H16BrN3O4.C7H4BrN3O2/c1-14(2,3)13(20)22-7-18-6-8(12(19)21-4)10-11(18)16-5-9(15)17-10;8-4-2-10-6-5(11-4)3(1-9-6)7(12)13/h5-6H,7H2,1-4H3;1-2H,(H,9,10)(H,12,13). The van der Waals surface area contributed by atoms with Crippen LogP contribution < -0.4 is 0 Å². The highest BCUT2D eigenvalue weighted by molar-refractivity contribution is 9.10. The molecule has 0 saturated carbocycles. The van der Waals surface area contributed by atoms with Crippen LogP contribution in [0.1, 0.15) is 41.5 Å². The summed E-state index contributed by atoms with van der Waals surface area (Å²) in [5.41, 5.74) is 1.44. The number of nitrogens with one attached hydrogen (secondary N) is 1. The maximum atomic E-state index is 11.9. The highest BCUT2D eigenvalue weighted by Crippen LogP contribution is 2.22. The lowest BCUT2D eigenvalue weighted by Gasteiger charge is -2.16. The first kappa shape index (κ1) is 26.2. The summed E-state index contributed by atoms with van der Waals surface area (Å²) in [6, 6.07) is 0. The molecule has 0 radical (unpaired) electrons. The minimum absolute atomic E-state index is 0.0556. The molecule has 0 fully saturated rings. The molecule has 184 valence electrons. The highest BCUT2D eigenvalue weighted by Gasteiger charge is 2.24. The largest absolute Gasteiger partial charge is 0.478 e. The third kappa shape index (κ3) is 6.00. The first-order valence-electron chi connectivity index (χ1n) is 9.92. The SMILES string of the molecule is COC(=O)c1cn(COC(=O)C(C)(C)C)c2ncc(Br)nc12.O=C(O)c1c[nH]c2ncc(Br)nc12. The zero-order valence-corrected chi connectivity index (χ0v) is 22.2. The average molecular weight is 612 g/mol. The lowest BCUT2D eigenvalue weighted by molar-refractivity contribution is -0.156. The van der Waals surface area contributed by atoms with E-state index in [9.17, 15) is 14.4 Å². The van der Waals surface area contributed by atoms with Gasteiger partial charge in [0.25, 0.3) is 0 Å². The number of halogens is 2. The van der Waals surface area contributed by atoms with Gasteiger partial charge < -0.3 is 19.6 Å². The van der Waals surface area contributed by atoms with Crippen LogP contribution in [-0.4, -0.2) is 59.6 Å². The number of H-pyrrole nitrogens is 1. The van der Waals surface area contributed by atoms with Crippen molar-refractivity contribution in [1.82, 2.24) is 29.5 Å². The van der Waals surface area contributed by atoms with Gasteiger partial charge in [0.1, 0.15) is 31.4 Å². The number of rotatable bonds is 4. The lowest BCUT2D eigenvalue weighted by atomic mass is 9.98. The van der Waals surface area contributed by atoms with Crippen molar-refractivity contribution in [3.63, 3.8) is 0 Å². The number of carbonyl (C=O) groups is 3. The van der Waals surface area contributed by atoms with Crippen LogP contribution in [-0.2, 0) is 21.0 Å². The summed E-state index contributed by atoms with van der Waals surface area (Å²) < 4.78 is 12.5. The first-order valence-corrected chi connectivity index (χ1v) is 11.5. The number of hydrogen-bond donors (Lipinski definition) is 2. The van der Waals surface area contributed by atoms with Crippen molar-refractivity contribution in [2.75, 3.05) is 7.11 Å². The van der Waals surface area contributed by atoms with Gasteiger partial charge in [-0.3, -0.25) is 9.36 Å². The van der Waals surface area contributed by atoms with Crippen LogP contribution in [0, 0.1) is 5.41 Å². The molecule has 2 N–H and O–H groups in total. The van der Waals surface area contributed by atoms with Gasteiger partial charge >= 0.3 is 17.9 Å². The fourth-order valence-corrected chi connectivity index (χ4v) is 3.32. The lowest BCUT2D eigenvalue weighted by Crippen LogP contribution is -2.24. The summed E-state index contributed by atoms with van der Waals surface area (Å²) >= 11 is 6.33. The van der Waals surface area contributed by atoms with Gasteiger partial charge in [-0.15, -0.1) is 0 Å². The Kier molecular flexibility index (Phi) is 7.85. The second-order valence-electron chi connectivity index (χ2n) is 8.08. The second-order valence-corrected chi connectivity index (χ2v) is 9.70. The Morgan fingerprint density at radius 3 is 2.29 bits per heavy atom. The number of carboxylic acid groups (broad SMARTS) is 1. The number of aromatic nitrogens is 6. The van der Waals surface area contributed by atoms with E-state index in [1.165, 1.54) is 31.9 Å². The fourth-order valence-electron chi connectivity index (χ4n) is 2.77. The molecule has 0 unspecified atom stereocenters. The van der Waals surface area contributed by atoms with E-state index in [-0.39, 0.29) is 23.8 Å². The van der Waals surface area contributed by atoms with Crippen molar-refractivity contribution in [2.45, 2.75) is 27.5 Å². The van der Waals surface area contributed by atoms with E-state index in [0.717, 1.165) is 0 Å². The molecule has 4 heterocycles. The van der Waals surface area contributed by atoms with Crippen LogP contribution in [0.2, 0.25) is 0 Å². The Labute approximate surface area is 215 Å². The molecule has 0 aliphatic rings. The average Bonchev–Trinajstić information content (AvgIpc) is 3.37. The molecule has 4 aromatic rings. The zero-order chi connectivity index (χ0) is 25.9. The molecule has 0 atom stereocenters. The first-order chi connectivity index (χ1) is 16.4. The summed E-state index contributed by atoms with van der Waals surface area (Å²) in [5, 5.41) is 8.76. The van der Waals surface area contributed by atoms with Crippen molar-refractivity contribution >= 4 is 72.1 Å². The van der Waals surface area contributed by atoms with E-state index in [2.05, 4.69) is 56.8 Å². The Hall–Kier alpha value is -3.39. The number of fused-ring (bicyclic) bond motifs is 2. The number of methoxy groups -OCH3 is 1. The Morgan fingerprint density at radius 2 is 1.69 bits per heavy atom. The van der Waals surface area contributed by atoms with E-state index in [1.807, 2.05) is 0 Å². The molecule has 0 bridgehead atoms. The van der Waals surface area contributed by atoms with E-state index < -0.39 is 17.4 Å². The van der Waals surface area contributed by atoms with Gasteiger partial charge in [0.15, 0.2) is 18.0 Å². The third-order valence-electron chi connectivity index (χ3n) is 4.47. The van der Waals surface area contributed by atoms with Gasteiger partial charge in [-0.2, -0.15) is 0 Å².